The van der Waals surface area contributed by atoms with Gasteiger partial charge in [0.05, 0.1) is 16.6 Å². The fourth-order valence-electron chi connectivity index (χ4n) is 2.76. The van der Waals surface area contributed by atoms with Gasteiger partial charge in [-0.25, -0.2) is 9.78 Å². The molecule has 0 fully saturated rings. The highest BCUT2D eigenvalue weighted by Crippen LogP contribution is 2.29. The number of para-hydroxylation sites is 1. The first kappa shape index (κ1) is 16.0. The van der Waals surface area contributed by atoms with E-state index in [9.17, 15) is 9.90 Å². The van der Waals surface area contributed by atoms with E-state index in [4.69, 9.17) is 0 Å². The number of fused-ring (bicyclic) bond motifs is 1. The molecule has 4 rings (SSSR count). The van der Waals surface area contributed by atoms with Crippen LogP contribution in [0, 0.1) is 11.8 Å². The molecule has 0 amide bonds. The van der Waals surface area contributed by atoms with E-state index < -0.39 is 5.97 Å². The van der Waals surface area contributed by atoms with Gasteiger partial charge in [-0.2, -0.15) is 0 Å². The lowest BCUT2D eigenvalue weighted by molar-refractivity contribution is 0.0697. The molecule has 0 atom stereocenters. The third kappa shape index (κ3) is 3.06. The molecule has 0 aliphatic carbocycles. The highest BCUT2D eigenvalue weighted by atomic mass is 32.1. The molecular formula is C21H12N2O2S. The van der Waals surface area contributed by atoms with Gasteiger partial charge < -0.3 is 5.11 Å². The fraction of sp³-hybridized carbons (Fsp3) is 0. The van der Waals surface area contributed by atoms with Crippen LogP contribution in [0.4, 0.5) is 0 Å². The first-order valence-corrected chi connectivity index (χ1v) is 8.78. The summed E-state index contributed by atoms with van der Waals surface area (Å²) in [5.74, 6) is 5.06. The molecule has 0 bridgehead atoms. The Morgan fingerprint density at radius 3 is 2.73 bits per heavy atom. The lowest BCUT2D eigenvalue weighted by atomic mass is 9.94. The smallest absolute Gasteiger partial charge is 0.336 e. The average molecular weight is 356 g/mol. The summed E-state index contributed by atoms with van der Waals surface area (Å²) < 4.78 is 0. The molecule has 124 valence electrons. The van der Waals surface area contributed by atoms with E-state index in [1.165, 1.54) is 11.3 Å². The van der Waals surface area contributed by atoms with Crippen molar-refractivity contribution in [2.24, 2.45) is 0 Å². The SMILES string of the molecule is O=C(O)c1cccc(C#Cc2cscn2)c1-c1cnc2ccccc2c1. The zero-order valence-electron chi connectivity index (χ0n) is 13.5. The molecule has 0 saturated heterocycles. The van der Waals surface area contributed by atoms with E-state index in [2.05, 4.69) is 21.8 Å². The summed E-state index contributed by atoms with van der Waals surface area (Å²) in [4.78, 5) is 20.4. The maximum atomic E-state index is 11.8. The van der Waals surface area contributed by atoms with E-state index in [0.29, 0.717) is 16.8 Å². The van der Waals surface area contributed by atoms with Crippen molar-refractivity contribution in [1.82, 2.24) is 9.97 Å². The van der Waals surface area contributed by atoms with E-state index in [1.807, 2.05) is 41.8 Å². The minimum Gasteiger partial charge on any atom is -0.478 e. The predicted octanol–water partition coefficient (Wildman–Crippen LogP) is 4.46. The van der Waals surface area contributed by atoms with Crippen LogP contribution in [-0.4, -0.2) is 21.0 Å². The quantitative estimate of drug-likeness (QED) is 0.539. The number of thiazole rings is 1. The number of pyridine rings is 1. The lowest BCUT2D eigenvalue weighted by Crippen LogP contribution is -2.02. The van der Waals surface area contributed by atoms with Crippen LogP contribution in [0.1, 0.15) is 21.6 Å². The molecule has 0 saturated carbocycles. The molecule has 4 aromatic rings. The topological polar surface area (TPSA) is 63.1 Å². The number of hydrogen-bond donors (Lipinski definition) is 1. The summed E-state index contributed by atoms with van der Waals surface area (Å²) in [5, 5.41) is 12.4. The van der Waals surface area contributed by atoms with E-state index in [-0.39, 0.29) is 5.56 Å². The summed E-state index contributed by atoms with van der Waals surface area (Å²) in [7, 11) is 0. The van der Waals surface area contributed by atoms with Crippen LogP contribution in [0.5, 0.6) is 0 Å². The Kier molecular flexibility index (Phi) is 4.18. The van der Waals surface area contributed by atoms with Gasteiger partial charge >= 0.3 is 5.97 Å². The Labute approximate surface area is 153 Å². The summed E-state index contributed by atoms with van der Waals surface area (Å²) in [6, 6.07) is 14.8. The molecule has 0 aliphatic rings. The molecule has 0 unspecified atom stereocenters. The molecule has 2 aromatic heterocycles. The number of hydrogen-bond acceptors (Lipinski definition) is 4. The summed E-state index contributed by atoms with van der Waals surface area (Å²) in [6.45, 7) is 0. The van der Waals surface area contributed by atoms with Gasteiger partial charge in [-0.15, -0.1) is 11.3 Å². The fourth-order valence-corrected chi connectivity index (χ4v) is 3.24. The maximum absolute atomic E-state index is 11.8. The monoisotopic (exact) mass is 356 g/mol. The van der Waals surface area contributed by atoms with Crippen LogP contribution in [0.2, 0.25) is 0 Å². The molecule has 2 heterocycles. The molecule has 1 N–H and O–H groups in total. The molecule has 2 aromatic carbocycles. The van der Waals surface area contributed by atoms with Gasteiger partial charge in [0.1, 0.15) is 5.69 Å². The number of aromatic carboxylic acids is 1. The number of aromatic nitrogens is 2. The Balaban J connectivity index is 1.93. The molecule has 0 aliphatic heterocycles. The predicted molar refractivity (Wildman–Crippen MR) is 102 cm³/mol. The number of rotatable bonds is 2. The number of carboxylic acid groups (broad SMARTS) is 1. The first-order chi connectivity index (χ1) is 12.7. The van der Waals surface area contributed by atoms with Crippen LogP contribution in [0.15, 0.2) is 65.6 Å². The Morgan fingerprint density at radius 2 is 1.92 bits per heavy atom. The van der Waals surface area contributed by atoms with Gasteiger partial charge in [0, 0.05) is 33.7 Å². The standard InChI is InChI=1S/C21H12N2O2S/c24-21(25)18-6-3-5-14(8-9-17-12-26-13-23-17)20(18)16-10-15-4-1-2-7-19(15)22-11-16/h1-7,10-13H,(H,24,25). The number of carbonyl (C=O) groups is 1. The van der Waals surface area contributed by atoms with Crippen molar-refractivity contribution in [2.45, 2.75) is 0 Å². The number of nitrogens with zero attached hydrogens (tertiary/aromatic N) is 2. The highest BCUT2D eigenvalue weighted by molar-refractivity contribution is 7.07. The van der Waals surface area contributed by atoms with Crippen molar-refractivity contribution in [1.29, 1.82) is 0 Å². The van der Waals surface area contributed by atoms with Crippen LogP contribution >= 0.6 is 11.3 Å². The van der Waals surface area contributed by atoms with Gasteiger partial charge in [0.2, 0.25) is 0 Å². The van der Waals surface area contributed by atoms with Crippen molar-refractivity contribution in [3.63, 3.8) is 0 Å². The zero-order chi connectivity index (χ0) is 17.9. The second kappa shape index (κ2) is 6.79. The Morgan fingerprint density at radius 1 is 1.04 bits per heavy atom. The van der Waals surface area contributed by atoms with Crippen LogP contribution in [-0.2, 0) is 0 Å². The molecule has 4 nitrogen and oxygen atoms in total. The minimum atomic E-state index is -0.995. The van der Waals surface area contributed by atoms with Gasteiger partial charge in [0.25, 0.3) is 0 Å². The minimum absolute atomic E-state index is 0.201. The van der Waals surface area contributed by atoms with Crippen LogP contribution in [0.3, 0.4) is 0 Å². The highest BCUT2D eigenvalue weighted by Gasteiger charge is 2.15. The largest absolute Gasteiger partial charge is 0.478 e. The Bertz CT molecular complexity index is 1170. The van der Waals surface area contributed by atoms with Gasteiger partial charge in [-0.3, -0.25) is 4.98 Å². The van der Waals surface area contributed by atoms with Crippen molar-refractivity contribution >= 4 is 28.2 Å². The second-order valence-electron chi connectivity index (χ2n) is 5.57. The summed E-state index contributed by atoms with van der Waals surface area (Å²) >= 11 is 1.47. The van der Waals surface area contributed by atoms with Crippen LogP contribution < -0.4 is 0 Å². The van der Waals surface area contributed by atoms with Crippen molar-refractivity contribution in [3.05, 3.63) is 82.4 Å². The summed E-state index contributed by atoms with van der Waals surface area (Å²) in [5.41, 5.74) is 5.37. The third-order valence-corrected chi connectivity index (χ3v) is 4.52. The van der Waals surface area contributed by atoms with Gasteiger partial charge in [0.15, 0.2) is 0 Å². The number of carboxylic acids is 1. The van der Waals surface area contributed by atoms with Gasteiger partial charge in [-0.1, -0.05) is 30.2 Å². The maximum Gasteiger partial charge on any atom is 0.336 e. The molecule has 26 heavy (non-hydrogen) atoms. The first-order valence-electron chi connectivity index (χ1n) is 7.84. The second-order valence-corrected chi connectivity index (χ2v) is 6.29. The normalized spacial score (nSPS) is 10.3. The molecular weight excluding hydrogens is 344 g/mol. The average Bonchev–Trinajstić information content (AvgIpc) is 3.19. The Hall–Kier alpha value is -3.49. The van der Waals surface area contributed by atoms with E-state index >= 15 is 0 Å². The molecule has 5 heteroatoms. The molecule has 0 radical (unpaired) electrons. The van der Waals surface area contributed by atoms with Gasteiger partial charge in [-0.05, 0) is 30.2 Å². The zero-order valence-corrected chi connectivity index (χ0v) is 14.3. The number of benzene rings is 2. The van der Waals surface area contributed by atoms with E-state index in [0.717, 1.165) is 16.5 Å². The lowest BCUT2D eigenvalue weighted by Gasteiger charge is -2.10. The van der Waals surface area contributed by atoms with E-state index in [1.54, 1.807) is 23.8 Å². The van der Waals surface area contributed by atoms with Crippen molar-refractivity contribution < 1.29 is 9.90 Å². The summed E-state index contributed by atoms with van der Waals surface area (Å²) in [6.07, 6.45) is 1.69. The van der Waals surface area contributed by atoms with Crippen LogP contribution in [0.25, 0.3) is 22.0 Å². The third-order valence-electron chi connectivity index (χ3n) is 3.93. The molecule has 0 spiro atoms. The van der Waals surface area contributed by atoms with Crippen molar-refractivity contribution in [3.8, 4) is 23.0 Å². The van der Waals surface area contributed by atoms with Crippen molar-refractivity contribution in [2.75, 3.05) is 0 Å².